The van der Waals surface area contributed by atoms with E-state index in [-0.39, 0.29) is 11.5 Å². The van der Waals surface area contributed by atoms with Gasteiger partial charge in [0.1, 0.15) is 5.75 Å². The van der Waals surface area contributed by atoms with Crippen molar-refractivity contribution >= 4 is 9.84 Å². The van der Waals surface area contributed by atoms with Crippen LogP contribution >= 0.6 is 0 Å². The second-order valence-electron chi connectivity index (χ2n) is 1.95. The van der Waals surface area contributed by atoms with Crippen molar-refractivity contribution in [1.29, 1.82) is 0 Å². The summed E-state index contributed by atoms with van der Waals surface area (Å²) in [7, 11) is -3.02. The molecule has 0 aliphatic heterocycles. The van der Waals surface area contributed by atoms with Crippen molar-refractivity contribution in [2.45, 2.75) is 5.75 Å². The van der Waals surface area contributed by atoms with Gasteiger partial charge < -0.3 is 4.52 Å². The van der Waals surface area contributed by atoms with Crippen LogP contribution in [0.25, 0.3) is 0 Å². The van der Waals surface area contributed by atoms with Gasteiger partial charge in [0.2, 0.25) is 0 Å². The monoisotopic (exact) mass is 162 g/mol. The summed E-state index contributed by atoms with van der Waals surface area (Å²) in [4.78, 5) is 0. The highest BCUT2D eigenvalue weighted by Crippen LogP contribution is 1.99. The molecule has 1 rings (SSSR count). The van der Waals surface area contributed by atoms with Crippen LogP contribution in [0, 0.1) is 0 Å². The average Bonchev–Trinajstić information content (AvgIpc) is 2.12. The lowest BCUT2D eigenvalue weighted by atomic mass is 10.6. The van der Waals surface area contributed by atoms with Crippen molar-refractivity contribution in [3.05, 3.63) is 12.0 Å². The third-order valence-electron chi connectivity index (χ3n) is 0.811. The van der Waals surface area contributed by atoms with E-state index in [4.69, 9.17) is 0 Å². The van der Waals surface area contributed by atoms with Gasteiger partial charge in [-0.1, -0.05) is 0 Å². The maximum absolute atomic E-state index is 10.6. The Bertz CT molecular complexity index is 288. The smallest absolute Gasteiger partial charge is 0.172 e. The van der Waals surface area contributed by atoms with E-state index in [2.05, 4.69) is 14.9 Å². The van der Waals surface area contributed by atoms with Crippen LogP contribution < -0.4 is 0 Å². The van der Waals surface area contributed by atoms with E-state index in [1.807, 2.05) is 0 Å². The topological polar surface area (TPSA) is 73.1 Å². The molecular weight excluding hydrogens is 156 g/mol. The molecule has 0 N–H and O–H groups in total. The first-order valence-corrected chi connectivity index (χ1v) is 4.58. The van der Waals surface area contributed by atoms with Crippen molar-refractivity contribution in [1.82, 2.24) is 10.4 Å². The lowest BCUT2D eigenvalue weighted by molar-refractivity contribution is 0.370. The summed E-state index contributed by atoms with van der Waals surface area (Å²) in [5.74, 6) is 0.127. The zero-order chi connectivity index (χ0) is 7.61. The predicted octanol–water partition coefficient (Wildman–Crippen LogP) is -0.386. The Labute approximate surface area is 57.9 Å². The molecular formula is C4H6N2O3S. The molecule has 0 aliphatic rings. The van der Waals surface area contributed by atoms with Crippen LogP contribution in [0.4, 0.5) is 0 Å². The van der Waals surface area contributed by atoms with E-state index < -0.39 is 9.84 Å². The highest BCUT2D eigenvalue weighted by molar-refractivity contribution is 7.89. The molecule has 0 aromatic carbocycles. The minimum atomic E-state index is -3.02. The zero-order valence-corrected chi connectivity index (χ0v) is 6.13. The summed E-state index contributed by atoms with van der Waals surface area (Å²) in [6.07, 6.45) is 2.40. The minimum Gasteiger partial charge on any atom is -0.341 e. The Balaban J connectivity index is 2.75. The van der Waals surface area contributed by atoms with Gasteiger partial charge >= 0.3 is 0 Å². The summed E-state index contributed by atoms with van der Waals surface area (Å²) < 4.78 is 25.6. The average molecular weight is 162 g/mol. The minimum absolute atomic E-state index is 0.139. The first kappa shape index (κ1) is 7.20. The second kappa shape index (κ2) is 2.37. The van der Waals surface area contributed by atoms with Crippen LogP contribution in [0.1, 0.15) is 5.76 Å². The van der Waals surface area contributed by atoms with Crippen LogP contribution in [0.5, 0.6) is 0 Å². The first-order valence-electron chi connectivity index (χ1n) is 2.52. The highest BCUT2D eigenvalue weighted by Gasteiger charge is 2.07. The van der Waals surface area contributed by atoms with Crippen molar-refractivity contribution in [2.24, 2.45) is 0 Å². The third kappa shape index (κ3) is 2.14. The summed E-state index contributed by atoms with van der Waals surface area (Å²) in [6, 6.07) is 0. The van der Waals surface area contributed by atoms with Gasteiger partial charge in [0.05, 0.1) is 6.20 Å². The molecule has 1 aromatic heterocycles. The van der Waals surface area contributed by atoms with Gasteiger partial charge in [-0.3, -0.25) is 0 Å². The van der Waals surface area contributed by atoms with E-state index in [0.717, 1.165) is 6.26 Å². The Kier molecular flexibility index (Phi) is 1.71. The van der Waals surface area contributed by atoms with Gasteiger partial charge in [-0.25, -0.2) is 8.42 Å². The van der Waals surface area contributed by atoms with E-state index in [9.17, 15) is 8.42 Å². The molecule has 0 saturated heterocycles. The number of nitrogens with zero attached hydrogens (tertiary/aromatic N) is 2. The van der Waals surface area contributed by atoms with Crippen molar-refractivity contribution in [2.75, 3.05) is 6.26 Å². The normalized spacial score (nSPS) is 11.7. The number of hydrogen-bond acceptors (Lipinski definition) is 5. The third-order valence-corrected chi connectivity index (χ3v) is 1.62. The molecule has 0 saturated carbocycles. The molecule has 1 heterocycles. The second-order valence-corrected chi connectivity index (χ2v) is 4.09. The van der Waals surface area contributed by atoms with Crippen molar-refractivity contribution < 1.29 is 12.9 Å². The van der Waals surface area contributed by atoms with Crippen LogP contribution in [0.3, 0.4) is 0 Å². The molecule has 1 aromatic rings. The Hall–Kier alpha value is -0.910. The Morgan fingerprint density at radius 2 is 2.40 bits per heavy atom. The van der Waals surface area contributed by atoms with E-state index in [0.29, 0.717) is 0 Å². The van der Waals surface area contributed by atoms with E-state index in [1.165, 1.54) is 6.20 Å². The molecule has 0 radical (unpaired) electrons. The fourth-order valence-electron chi connectivity index (χ4n) is 0.510. The largest absolute Gasteiger partial charge is 0.341 e. The first-order chi connectivity index (χ1) is 4.58. The number of rotatable bonds is 2. The van der Waals surface area contributed by atoms with Crippen molar-refractivity contribution in [3.8, 4) is 0 Å². The Morgan fingerprint density at radius 1 is 1.70 bits per heavy atom. The van der Waals surface area contributed by atoms with Crippen molar-refractivity contribution in [3.63, 3.8) is 0 Å². The summed E-state index contributed by atoms with van der Waals surface area (Å²) in [5.41, 5.74) is 0. The summed E-state index contributed by atoms with van der Waals surface area (Å²) in [5, 5.41) is 6.44. The molecule has 10 heavy (non-hydrogen) atoms. The van der Waals surface area contributed by atoms with Gasteiger partial charge in [0, 0.05) is 11.5 Å². The molecule has 0 unspecified atom stereocenters. The van der Waals surface area contributed by atoms with Crippen LogP contribution in [-0.2, 0) is 15.6 Å². The lowest BCUT2D eigenvalue weighted by Crippen LogP contribution is -1.98. The van der Waals surface area contributed by atoms with Gasteiger partial charge in [0.15, 0.2) is 15.6 Å². The van der Waals surface area contributed by atoms with Crippen LogP contribution in [-0.4, -0.2) is 25.0 Å². The van der Waals surface area contributed by atoms with Gasteiger partial charge in [-0.05, 0) is 0 Å². The molecule has 0 bridgehead atoms. The highest BCUT2D eigenvalue weighted by atomic mass is 32.2. The molecule has 0 aliphatic carbocycles. The maximum atomic E-state index is 10.6. The van der Waals surface area contributed by atoms with Gasteiger partial charge in [-0.15, -0.1) is 5.10 Å². The summed E-state index contributed by atoms with van der Waals surface area (Å²) >= 11 is 0. The van der Waals surface area contributed by atoms with Gasteiger partial charge in [0.25, 0.3) is 0 Å². The quantitative estimate of drug-likeness (QED) is 0.592. The van der Waals surface area contributed by atoms with Crippen LogP contribution in [0.2, 0.25) is 0 Å². The van der Waals surface area contributed by atoms with E-state index >= 15 is 0 Å². The standard InChI is InChI=1S/C4H6N2O3S/c1-10(7,8)3-4-2-5-6-9-4/h2H,3H2,1H3. The maximum Gasteiger partial charge on any atom is 0.172 e. The predicted molar refractivity (Wildman–Crippen MR) is 32.8 cm³/mol. The molecule has 5 nitrogen and oxygen atoms in total. The van der Waals surface area contributed by atoms with Gasteiger partial charge in [-0.2, -0.15) is 0 Å². The number of aromatic nitrogens is 2. The fourth-order valence-corrected chi connectivity index (χ4v) is 1.15. The molecule has 56 valence electrons. The Morgan fingerprint density at radius 3 is 2.80 bits per heavy atom. The molecule has 6 heteroatoms. The van der Waals surface area contributed by atoms with Crippen LogP contribution in [0.15, 0.2) is 10.7 Å². The molecule has 0 spiro atoms. The number of sulfone groups is 1. The zero-order valence-electron chi connectivity index (χ0n) is 5.31. The lowest BCUT2D eigenvalue weighted by Gasteiger charge is -1.87. The molecule has 0 atom stereocenters. The van der Waals surface area contributed by atoms with E-state index in [1.54, 1.807) is 0 Å². The fraction of sp³-hybridized carbons (Fsp3) is 0.500. The molecule has 0 amide bonds. The molecule has 0 fully saturated rings. The SMILES string of the molecule is CS(=O)(=O)Cc1cnno1. The summed E-state index contributed by atoms with van der Waals surface area (Å²) in [6.45, 7) is 0. The number of hydrogen-bond donors (Lipinski definition) is 0.